The minimum atomic E-state index is 0.550. The van der Waals surface area contributed by atoms with Crippen LogP contribution in [0.3, 0.4) is 0 Å². The monoisotopic (exact) mass is 279 g/mol. The van der Waals surface area contributed by atoms with Crippen LogP contribution in [-0.4, -0.2) is 42.6 Å². The molecule has 1 aromatic rings. The van der Waals surface area contributed by atoms with Crippen LogP contribution < -0.4 is 4.90 Å². The molecule has 0 radical (unpaired) electrons. The van der Waals surface area contributed by atoms with Crippen LogP contribution >= 0.6 is 11.6 Å². The molecule has 1 aromatic heterocycles. The molecule has 1 saturated carbocycles. The van der Waals surface area contributed by atoms with Crippen LogP contribution in [0.5, 0.6) is 0 Å². The third-order valence-electron chi connectivity index (χ3n) is 4.23. The van der Waals surface area contributed by atoms with Crippen molar-refractivity contribution in [2.45, 2.75) is 25.6 Å². The third kappa shape index (κ3) is 3.21. The summed E-state index contributed by atoms with van der Waals surface area (Å²) in [5.41, 5.74) is 2.20. The van der Waals surface area contributed by atoms with E-state index >= 15 is 0 Å². The molecular weight excluding hydrogens is 258 g/mol. The number of aromatic nitrogens is 1. The van der Waals surface area contributed by atoms with Gasteiger partial charge in [-0.05, 0) is 37.3 Å². The van der Waals surface area contributed by atoms with E-state index in [1.807, 2.05) is 6.92 Å². The van der Waals surface area contributed by atoms with Gasteiger partial charge in [0.25, 0.3) is 0 Å². The maximum atomic E-state index is 5.88. The summed E-state index contributed by atoms with van der Waals surface area (Å²) in [6.45, 7) is 7.90. The van der Waals surface area contributed by atoms with Gasteiger partial charge in [-0.15, -0.1) is 11.6 Å². The van der Waals surface area contributed by atoms with Crippen molar-refractivity contribution in [3.05, 3.63) is 23.4 Å². The highest BCUT2D eigenvalue weighted by Crippen LogP contribution is 2.30. The van der Waals surface area contributed by atoms with E-state index in [0.717, 1.165) is 36.1 Å². The minimum Gasteiger partial charge on any atom is -0.354 e. The lowest BCUT2D eigenvalue weighted by molar-refractivity contribution is 0.247. The van der Waals surface area contributed by atoms with Crippen molar-refractivity contribution in [3.8, 4) is 0 Å². The number of piperazine rings is 1. The van der Waals surface area contributed by atoms with Gasteiger partial charge in [0.2, 0.25) is 0 Å². The van der Waals surface area contributed by atoms with E-state index in [1.54, 1.807) is 0 Å². The third-order valence-corrected chi connectivity index (χ3v) is 4.52. The number of anilines is 1. The molecule has 2 fully saturated rings. The van der Waals surface area contributed by atoms with Crippen LogP contribution in [0.2, 0.25) is 0 Å². The van der Waals surface area contributed by atoms with Gasteiger partial charge >= 0.3 is 0 Å². The number of aryl methyl sites for hydroxylation is 1. The van der Waals surface area contributed by atoms with E-state index < -0.39 is 0 Å². The predicted octanol–water partition coefficient (Wildman–Crippen LogP) is 2.66. The van der Waals surface area contributed by atoms with Crippen molar-refractivity contribution in [1.82, 2.24) is 9.88 Å². The summed E-state index contributed by atoms with van der Waals surface area (Å²) in [6.07, 6.45) is 2.89. The summed E-state index contributed by atoms with van der Waals surface area (Å²) < 4.78 is 0. The maximum Gasteiger partial charge on any atom is 0.128 e. The molecule has 104 valence electrons. The van der Waals surface area contributed by atoms with Gasteiger partial charge in [-0.1, -0.05) is 6.07 Å². The van der Waals surface area contributed by atoms with Gasteiger partial charge in [0.1, 0.15) is 5.82 Å². The van der Waals surface area contributed by atoms with Crippen molar-refractivity contribution < 1.29 is 0 Å². The molecule has 0 N–H and O–H groups in total. The Bertz CT molecular complexity index is 437. The Balaban J connectivity index is 1.59. The Labute approximate surface area is 120 Å². The van der Waals surface area contributed by atoms with Crippen molar-refractivity contribution >= 4 is 17.4 Å². The van der Waals surface area contributed by atoms with Gasteiger partial charge < -0.3 is 4.90 Å². The van der Waals surface area contributed by atoms with Gasteiger partial charge in [0.05, 0.1) is 0 Å². The predicted molar refractivity (Wildman–Crippen MR) is 79.9 cm³/mol. The Morgan fingerprint density at radius 1 is 1.21 bits per heavy atom. The number of nitrogens with zero attached hydrogens (tertiary/aromatic N) is 3. The quantitative estimate of drug-likeness (QED) is 0.790. The molecule has 0 amide bonds. The standard InChI is InChI=1S/C15H22ClN3/c1-12-14(10-16)4-5-15(17-12)19-8-6-18(7-9-19)11-13-2-3-13/h4-5,13H,2-3,6-11H2,1H3. The van der Waals surface area contributed by atoms with Crippen molar-refractivity contribution in [2.75, 3.05) is 37.6 Å². The summed E-state index contributed by atoms with van der Waals surface area (Å²) >= 11 is 5.88. The van der Waals surface area contributed by atoms with E-state index in [1.165, 1.54) is 32.5 Å². The highest BCUT2D eigenvalue weighted by atomic mass is 35.5. The first-order valence-electron chi connectivity index (χ1n) is 7.26. The first-order chi connectivity index (χ1) is 9.26. The van der Waals surface area contributed by atoms with Crippen LogP contribution in [0.25, 0.3) is 0 Å². The topological polar surface area (TPSA) is 19.4 Å². The van der Waals surface area contributed by atoms with Crippen LogP contribution in [0.15, 0.2) is 12.1 Å². The van der Waals surface area contributed by atoms with Crippen LogP contribution in [-0.2, 0) is 5.88 Å². The molecule has 0 bridgehead atoms. The van der Waals surface area contributed by atoms with Crippen molar-refractivity contribution in [1.29, 1.82) is 0 Å². The molecule has 3 nitrogen and oxygen atoms in total. The summed E-state index contributed by atoms with van der Waals surface area (Å²) in [6, 6.07) is 4.22. The largest absolute Gasteiger partial charge is 0.354 e. The van der Waals surface area contributed by atoms with Crippen LogP contribution in [0.1, 0.15) is 24.1 Å². The van der Waals surface area contributed by atoms with E-state index in [2.05, 4.69) is 26.9 Å². The lowest BCUT2D eigenvalue weighted by Crippen LogP contribution is -2.47. The smallest absolute Gasteiger partial charge is 0.128 e. The lowest BCUT2D eigenvalue weighted by atomic mass is 10.2. The van der Waals surface area contributed by atoms with Gasteiger partial charge in [0, 0.05) is 44.3 Å². The highest BCUT2D eigenvalue weighted by molar-refractivity contribution is 6.17. The molecular formula is C15H22ClN3. The Morgan fingerprint density at radius 3 is 2.53 bits per heavy atom. The number of pyridine rings is 1. The molecule has 0 unspecified atom stereocenters. The summed E-state index contributed by atoms with van der Waals surface area (Å²) in [4.78, 5) is 9.69. The van der Waals surface area contributed by atoms with Gasteiger partial charge in [-0.25, -0.2) is 4.98 Å². The maximum absolute atomic E-state index is 5.88. The van der Waals surface area contributed by atoms with E-state index in [4.69, 9.17) is 11.6 Å². The number of alkyl halides is 1. The molecule has 1 aliphatic heterocycles. The molecule has 3 rings (SSSR count). The molecule has 0 atom stereocenters. The fourth-order valence-electron chi connectivity index (χ4n) is 2.72. The second-order valence-electron chi connectivity index (χ2n) is 5.78. The molecule has 0 aromatic carbocycles. The molecule has 4 heteroatoms. The second-order valence-corrected chi connectivity index (χ2v) is 6.05. The van der Waals surface area contributed by atoms with Crippen LogP contribution in [0.4, 0.5) is 5.82 Å². The van der Waals surface area contributed by atoms with Gasteiger partial charge in [-0.2, -0.15) is 0 Å². The minimum absolute atomic E-state index is 0.550. The molecule has 19 heavy (non-hydrogen) atoms. The average Bonchev–Trinajstić information content (AvgIpc) is 3.23. The zero-order valence-electron chi connectivity index (χ0n) is 11.6. The number of hydrogen-bond acceptors (Lipinski definition) is 3. The van der Waals surface area contributed by atoms with E-state index in [-0.39, 0.29) is 0 Å². The number of rotatable bonds is 4. The van der Waals surface area contributed by atoms with Gasteiger partial charge in [0.15, 0.2) is 0 Å². The van der Waals surface area contributed by atoms with E-state index in [9.17, 15) is 0 Å². The summed E-state index contributed by atoms with van der Waals surface area (Å²) in [7, 11) is 0. The summed E-state index contributed by atoms with van der Waals surface area (Å²) in [5.74, 6) is 2.65. The summed E-state index contributed by atoms with van der Waals surface area (Å²) in [5, 5.41) is 0. The second kappa shape index (κ2) is 5.68. The fourth-order valence-corrected chi connectivity index (χ4v) is 3.00. The van der Waals surface area contributed by atoms with E-state index in [0.29, 0.717) is 5.88 Å². The average molecular weight is 280 g/mol. The Kier molecular flexibility index (Phi) is 3.94. The number of halogens is 1. The molecule has 1 saturated heterocycles. The van der Waals surface area contributed by atoms with Gasteiger partial charge in [-0.3, -0.25) is 4.90 Å². The Morgan fingerprint density at radius 2 is 1.95 bits per heavy atom. The normalized spacial score (nSPS) is 20.8. The molecule has 2 heterocycles. The zero-order chi connectivity index (χ0) is 13.2. The highest BCUT2D eigenvalue weighted by Gasteiger charge is 2.26. The van der Waals surface area contributed by atoms with Crippen molar-refractivity contribution in [2.24, 2.45) is 5.92 Å². The molecule has 1 aliphatic carbocycles. The number of hydrogen-bond donors (Lipinski definition) is 0. The lowest BCUT2D eigenvalue weighted by Gasteiger charge is -2.35. The SMILES string of the molecule is Cc1nc(N2CCN(CC3CC3)CC2)ccc1CCl. The molecule has 2 aliphatic rings. The van der Waals surface area contributed by atoms with Crippen molar-refractivity contribution in [3.63, 3.8) is 0 Å². The van der Waals surface area contributed by atoms with Crippen LogP contribution in [0, 0.1) is 12.8 Å². The fraction of sp³-hybridized carbons (Fsp3) is 0.667. The first-order valence-corrected chi connectivity index (χ1v) is 7.79. The molecule has 0 spiro atoms. The Hall–Kier alpha value is -0.800. The first kappa shape index (κ1) is 13.2. The zero-order valence-corrected chi connectivity index (χ0v) is 12.4.